The number of methoxy groups -OCH3 is 4. The number of hydrogen-bond acceptors (Lipinski definition) is 6. The quantitative estimate of drug-likeness (QED) is 0.167. The van der Waals surface area contributed by atoms with Crippen LogP contribution in [-0.4, -0.2) is 63.8 Å². The molecule has 0 aliphatic heterocycles. The van der Waals surface area contributed by atoms with Crippen LogP contribution in [0.1, 0.15) is 0 Å². The number of nitrogens with one attached hydrogen (secondary N) is 4. The van der Waals surface area contributed by atoms with Gasteiger partial charge in [0.1, 0.15) is 34.4 Å². The largest absolute Gasteiger partial charge is 0.497 e. The Bertz CT molecular complexity index is 2070. The van der Waals surface area contributed by atoms with Crippen molar-refractivity contribution >= 4 is 43.6 Å². The van der Waals surface area contributed by atoms with Crippen molar-refractivity contribution < 1.29 is 24.4 Å². The minimum atomic E-state index is 0. The molecular weight excluding hydrogens is 572 g/mol. The van der Waals surface area contributed by atoms with Gasteiger partial charge in [-0.3, -0.25) is 0 Å². The van der Waals surface area contributed by atoms with E-state index in [2.05, 4.69) is 19.9 Å². The van der Waals surface area contributed by atoms with E-state index in [1.54, 1.807) is 28.4 Å². The molecule has 0 bridgehead atoms. The van der Waals surface area contributed by atoms with Crippen molar-refractivity contribution in [3.63, 3.8) is 0 Å². The van der Waals surface area contributed by atoms with E-state index in [0.717, 1.165) is 89.4 Å². The van der Waals surface area contributed by atoms with Gasteiger partial charge in [-0.25, -0.2) is 9.97 Å². The van der Waals surface area contributed by atoms with Gasteiger partial charge in [-0.05, 0) is 36.4 Å². The van der Waals surface area contributed by atoms with Crippen molar-refractivity contribution in [1.82, 2.24) is 29.9 Å². The minimum Gasteiger partial charge on any atom is -0.497 e. The van der Waals surface area contributed by atoms with Crippen LogP contribution in [0.25, 0.3) is 66.4 Å². The maximum Gasteiger partial charge on any atom is 0.132 e. The van der Waals surface area contributed by atoms with Crippen LogP contribution in [-0.2, 0) is 0 Å². The molecule has 45 heavy (non-hydrogen) atoms. The zero-order chi connectivity index (χ0) is 30.2. The highest BCUT2D eigenvalue weighted by molar-refractivity contribution is 6.13. The van der Waals surface area contributed by atoms with Crippen LogP contribution in [0.4, 0.5) is 0 Å². The maximum absolute atomic E-state index is 5.54. The standard InChI is InChI=1S/2C17H15N3O2.H2O/c2*1-21-10-8-13-15(14(9-10)22-2)11-5-7-19-16(11)17(20-13)12-4-3-6-18-12;/h2*3-9,18-19H,1-2H3;1H2. The SMILES string of the molecule is COc1cc(OC)c2c(c1)nc(-c1ccc[nH]1)c1[nH]ccc12.COc1cc(OC)c2c(c1)nc(-c1ccc[nH]1)c1[nH]ccc12.O. The molecule has 6 N–H and O–H groups in total. The fraction of sp³-hybridized carbons (Fsp3) is 0.118. The molecule has 0 aliphatic carbocycles. The fourth-order valence-corrected chi connectivity index (χ4v) is 5.67. The van der Waals surface area contributed by atoms with E-state index in [1.807, 2.05) is 85.5 Å². The van der Waals surface area contributed by atoms with E-state index in [0.29, 0.717) is 0 Å². The molecule has 8 rings (SSSR count). The molecule has 8 aromatic rings. The van der Waals surface area contributed by atoms with Gasteiger partial charge in [0.05, 0.1) is 72.7 Å². The van der Waals surface area contributed by atoms with Crippen LogP contribution >= 0.6 is 0 Å². The van der Waals surface area contributed by atoms with Crippen molar-refractivity contribution in [2.75, 3.05) is 28.4 Å². The third kappa shape index (κ3) is 4.94. The van der Waals surface area contributed by atoms with Crippen molar-refractivity contribution in [2.24, 2.45) is 0 Å². The lowest BCUT2D eigenvalue weighted by molar-refractivity contribution is 0.398. The summed E-state index contributed by atoms with van der Waals surface area (Å²) in [6.45, 7) is 0. The van der Waals surface area contributed by atoms with Crippen LogP contribution in [0.2, 0.25) is 0 Å². The van der Waals surface area contributed by atoms with Crippen LogP contribution in [0.5, 0.6) is 23.0 Å². The zero-order valence-corrected chi connectivity index (χ0v) is 25.1. The van der Waals surface area contributed by atoms with Gasteiger partial charge in [-0.1, -0.05) is 0 Å². The predicted molar refractivity (Wildman–Crippen MR) is 177 cm³/mol. The second-order valence-corrected chi connectivity index (χ2v) is 10.1. The number of H-pyrrole nitrogens is 4. The molecule has 0 radical (unpaired) electrons. The monoisotopic (exact) mass is 604 g/mol. The van der Waals surface area contributed by atoms with Crippen LogP contribution < -0.4 is 18.9 Å². The van der Waals surface area contributed by atoms with E-state index in [-0.39, 0.29) is 5.48 Å². The summed E-state index contributed by atoms with van der Waals surface area (Å²) in [5.74, 6) is 2.96. The van der Waals surface area contributed by atoms with Gasteiger partial charge in [0, 0.05) is 59.8 Å². The van der Waals surface area contributed by atoms with Gasteiger partial charge in [0.15, 0.2) is 0 Å². The van der Waals surface area contributed by atoms with Gasteiger partial charge in [-0.2, -0.15) is 0 Å². The molecule has 0 aliphatic rings. The number of fused-ring (bicyclic) bond motifs is 6. The van der Waals surface area contributed by atoms with E-state index in [9.17, 15) is 0 Å². The third-order valence-electron chi connectivity index (χ3n) is 7.70. The highest BCUT2D eigenvalue weighted by Gasteiger charge is 2.17. The van der Waals surface area contributed by atoms with Gasteiger partial charge in [0.2, 0.25) is 0 Å². The Morgan fingerprint density at radius 1 is 0.511 bits per heavy atom. The Morgan fingerprint density at radius 2 is 0.956 bits per heavy atom. The molecule has 11 nitrogen and oxygen atoms in total. The van der Waals surface area contributed by atoms with E-state index < -0.39 is 0 Å². The second-order valence-electron chi connectivity index (χ2n) is 10.1. The highest BCUT2D eigenvalue weighted by Crippen LogP contribution is 2.39. The molecule has 0 spiro atoms. The second kappa shape index (κ2) is 12.0. The number of benzene rings is 2. The summed E-state index contributed by atoms with van der Waals surface area (Å²) < 4.78 is 21.8. The van der Waals surface area contributed by atoms with Crippen LogP contribution in [0.3, 0.4) is 0 Å². The lowest BCUT2D eigenvalue weighted by atomic mass is 10.1. The maximum atomic E-state index is 5.54. The smallest absolute Gasteiger partial charge is 0.132 e. The van der Waals surface area contributed by atoms with Crippen LogP contribution in [0, 0.1) is 0 Å². The van der Waals surface area contributed by atoms with Gasteiger partial charge in [0.25, 0.3) is 0 Å². The first-order valence-corrected chi connectivity index (χ1v) is 14.0. The topological polar surface area (TPSA) is 157 Å². The molecule has 6 aromatic heterocycles. The fourth-order valence-electron chi connectivity index (χ4n) is 5.67. The van der Waals surface area contributed by atoms with Crippen molar-refractivity contribution in [3.8, 4) is 45.8 Å². The summed E-state index contributed by atoms with van der Waals surface area (Å²) in [6, 6.07) is 19.6. The van der Waals surface area contributed by atoms with Crippen molar-refractivity contribution in [3.05, 3.63) is 85.5 Å². The molecule has 0 amide bonds. The van der Waals surface area contributed by atoms with Gasteiger partial charge < -0.3 is 44.4 Å². The minimum absolute atomic E-state index is 0. The first kappa shape index (κ1) is 29.1. The van der Waals surface area contributed by atoms with E-state index >= 15 is 0 Å². The number of nitrogens with zero attached hydrogens (tertiary/aromatic N) is 2. The molecule has 0 fully saturated rings. The number of aromatic nitrogens is 6. The summed E-state index contributed by atoms with van der Waals surface area (Å²) in [4.78, 5) is 22.6. The number of rotatable bonds is 6. The first-order valence-electron chi connectivity index (χ1n) is 14.0. The first-order chi connectivity index (χ1) is 21.6. The third-order valence-corrected chi connectivity index (χ3v) is 7.70. The summed E-state index contributed by atoms with van der Waals surface area (Å²) in [6.07, 6.45) is 7.62. The van der Waals surface area contributed by atoms with Gasteiger partial charge in [-0.15, -0.1) is 0 Å². The predicted octanol–water partition coefficient (Wildman–Crippen LogP) is 6.63. The average molecular weight is 605 g/mol. The molecule has 2 aromatic carbocycles. The Kier molecular flexibility index (Phi) is 7.76. The average Bonchev–Trinajstić information content (AvgIpc) is 3.90. The zero-order valence-electron chi connectivity index (χ0n) is 25.1. The lowest BCUT2D eigenvalue weighted by Gasteiger charge is -2.11. The Labute approximate surface area is 257 Å². The Morgan fingerprint density at radius 3 is 1.31 bits per heavy atom. The number of aromatic amines is 4. The highest BCUT2D eigenvalue weighted by atomic mass is 16.5. The number of pyridine rings is 2. The summed E-state index contributed by atoms with van der Waals surface area (Å²) in [5, 5.41) is 4.12. The molecule has 0 saturated heterocycles. The number of ether oxygens (including phenoxy) is 4. The molecule has 0 atom stereocenters. The van der Waals surface area contributed by atoms with Gasteiger partial charge >= 0.3 is 0 Å². The van der Waals surface area contributed by atoms with Crippen LogP contribution in [0.15, 0.2) is 85.5 Å². The summed E-state index contributed by atoms with van der Waals surface area (Å²) in [5.41, 5.74) is 7.35. The molecule has 0 unspecified atom stereocenters. The molecular formula is C34H32N6O5. The molecule has 0 saturated carbocycles. The van der Waals surface area contributed by atoms with E-state index in [4.69, 9.17) is 28.9 Å². The Balaban J connectivity index is 0.000000155. The normalized spacial score (nSPS) is 10.9. The number of hydrogen-bond donors (Lipinski definition) is 4. The van der Waals surface area contributed by atoms with Crippen molar-refractivity contribution in [2.45, 2.75) is 0 Å². The van der Waals surface area contributed by atoms with Crippen molar-refractivity contribution in [1.29, 1.82) is 0 Å². The molecule has 11 heteroatoms. The molecule has 6 heterocycles. The van der Waals surface area contributed by atoms with E-state index in [1.165, 1.54) is 0 Å². The Hall–Kier alpha value is -5.94. The molecule has 228 valence electrons. The summed E-state index contributed by atoms with van der Waals surface area (Å²) >= 11 is 0. The lowest BCUT2D eigenvalue weighted by Crippen LogP contribution is -1.93. The summed E-state index contributed by atoms with van der Waals surface area (Å²) in [7, 11) is 6.60.